The number of carbonyl (C=O) groups excluding carboxylic acids is 2. The lowest BCUT2D eigenvalue weighted by molar-refractivity contribution is -0.116. The molecule has 31 heavy (non-hydrogen) atoms. The number of anilines is 1. The summed E-state index contributed by atoms with van der Waals surface area (Å²) in [6.45, 7) is 2.53. The van der Waals surface area contributed by atoms with E-state index in [1.807, 2.05) is 84.3 Å². The molecule has 0 bridgehead atoms. The van der Waals surface area contributed by atoms with E-state index in [1.165, 1.54) is 0 Å². The molecule has 0 aliphatic rings. The Balaban J connectivity index is 1.47. The number of rotatable bonds is 7. The van der Waals surface area contributed by atoms with E-state index in [4.69, 9.17) is 0 Å². The Morgan fingerprint density at radius 3 is 2.52 bits per heavy atom. The Bertz CT molecular complexity index is 1210. The Kier molecular flexibility index (Phi) is 6.08. The molecule has 0 saturated carbocycles. The highest BCUT2D eigenvalue weighted by Crippen LogP contribution is 2.17. The van der Waals surface area contributed by atoms with Gasteiger partial charge >= 0.3 is 0 Å². The fourth-order valence-electron chi connectivity index (χ4n) is 3.53. The minimum Gasteiger partial charge on any atom is -0.352 e. The van der Waals surface area contributed by atoms with Gasteiger partial charge in [-0.2, -0.15) is 0 Å². The summed E-state index contributed by atoms with van der Waals surface area (Å²) in [5.74, 6) is 0.515. The lowest BCUT2D eigenvalue weighted by atomic mass is 10.1. The van der Waals surface area contributed by atoms with Crippen molar-refractivity contribution in [1.82, 2.24) is 14.9 Å². The van der Waals surface area contributed by atoms with E-state index < -0.39 is 0 Å². The number of aryl methyl sites for hydroxylation is 1. The van der Waals surface area contributed by atoms with Gasteiger partial charge in [0.2, 0.25) is 5.91 Å². The monoisotopic (exact) mass is 412 g/mol. The van der Waals surface area contributed by atoms with Gasteiger partial charge in [0, 0.05) is 24.2 Å². The maximum Gasteiger partial charge on any atom is 0.251 e. The standard InChI is InChI=1S/C25H24N4O2/c1-18-8-7-9-19(16-18)25(31)26-15-14-23-28-21-12-5-6-13-22(21)29(23)17-24(30)27-20-10-3-2-4-11-20/h2-13,16H,14-15,17H2,1H3,(H,26,31)(H,27,30). The van der Waals surface area contributed by atoms with Crippen LogP contribution in [0, 0.1) is 6.92 Å². The average Bonchev–Trinajstić information content (AvgIpc) is 3.11. The van der Waals surface area contributed by atoms with Crippen LogP contribution >= 0.6 is 0 Å². The SMILES string of the molecule is Cc1cccc(C(=O)NCCc2nc3ccccc3n2CC(=O)Nc2ccccc2)c1. The lowest BCUT2D eigenvalue weighted by Crippen LogP contribution is -2.27. The minimum absolute atomic E-state index is 0.117. The number of nitrogens with one attached hydrogen (secondary N) is 2. The summed E-state index contributed by atoms with van der Waals surface area (Å²) < 4.78 is 1.91. The number of para-hydroxylation sites is 3. The quantitative estimate of drug-likeness (QED) is 0.482. The van der Waals surface area contributed by atoms with Crippen molar-refractivity contribution in [3.05, 3.63) is 95.8 Å². The van der Waals surface area contributed by atoms with Crippen LogP contribution in [0.15, 0.2) is 78.9 Å². The van der Waals surface area contributed by atoms with Gasteiger partial charge in [-0.25, -0.2) is 4.98 Å². The molecule has 0 atom stereocenters. The highest BCUT2D eigenvalue weighted by molar-refractivity contribution is 5.94. The molecule has 0 spiro atoms. The molecule has 0 aliphatic carbocycles. The maximum absolute atomic E-state index is 12.6. The average molecular weight is 412 g/mol. The second-order valence-electron chi connectivity index (χ2n) is 7.39. The molecule has 1 heterocycles. The van der Waals surface area contributed by atoms with Gasteiger partial charge in [0.1, 0.15) is 12.4 Å². The molecular formula is C25H24N4O2. The lowest BCUT2D eigenvalue weighted by Gasteiger charge is -2.11. The molecule has 4 aromatic rings. The van der Waals surface area contributed by atoms with E-state index in [9.17, 15) is 9.59 Å². The van der Waals surface area contributed by atoms with E-state index in [-0.39, 0.29) is 18.4 Å². The second kappa shape index (κ2) is 9.26. The van der Waals surface area contributed by atoms with E-state index in [0.29, 0.717) is 18.5 Å². The third-order valence-electron chi connectivity index (χ3n) is 5.01. The van der Waals surface area contributed by atoms with E-state index in [2.05, 4.69) is 15.6 Å². The number of nitrogens with zero attached hydrogens (tertiary/aromatic N) is 2. The number of hydrogen-bond donors (Lipinski definition) is 2. The van der Waals surface area contributed by atoms with Crippen molar-refractivity contribution in [1.29, 1.82) is 0 Å². The molecule has 0 saturated heterocycles. The number of fused-ring (bicyclic) bond motifs is 1. The smallest absolute Gasteiger partial charge is 0.251 e. The van der Waals surface area contributed by atoms with Gasteiger partial charge < -0.3 is 15.2 Å². The first-order valence-corrected chi connectivity index (χ1v) is 10.2. The fraction of sp³-hybridized carbons (Fsp3) is 0.160. The zero-order chi connectivity index (χ0) is 21.6. The summed E-state index contributed by atoms with van der Waals surface area (Å²) in [6.07, 6.45) is 0.519. The van der Waals surface area contributed by atoms with Crippen molar-refractivity contribution in [3.63, 3.8) is 0 Å². The molecule has 0 fully saturated rings. The van der Waals surface area contributed by atoms with Crippen LogP contribution in [0.4, 0.5) is 5.69 Å². The van der Waals surface area contributed by atoms with Gasteiger partial charge in [0.25, 0.3) is 5.91 Å². The fourth-order valence-corrected chi connectivity index (χ4v) is 3.53. The minimum atomic E-state index is -0.126. The Morgan fingerprint density at radius 2 is 1.71 bits per heavy atom. The highest BCUT2D eigenvalue weighted by atomic mass is 16.2. The third-order valence-corrected chi connectivity index (χ3v) is 5.01. The molecular weight excluding hydrogens is 388 g/mol. The van der Waals surface area contributed by atoms with Crippen molar-refractivity contribution >= 4 is 28.5 Å². The van der Waals surface area contributed by atoms with E-state index >= 15 is 0 Å². The normalized spacial score (nSPS) is 10.7. The number of aromatic nitrogens is 2. The molecule has 1 aromatic heterocycles. The van der Waals surface area contributed by atoms with Gasteiger partial charge in [-0.3, -0.25) is 9.59 Å². The molecule has 2 N–H and O–H groups in total. The van der Waals surface area contributed by atoms with Crippen molar-refractivity contribution in [2.45, 2.75) is 19.9 Å². The number of benzene rings is 3. The van der Waals surface area contributed by atoms with Gasteiger partial charge in [-0.1, -0.05) is 48.0 Å². The summed E-state index contributed by atoms with van der Waals surface area (Å²) in [5.41, 5.74) is 4.15. The largest absolute Gasteiger partial charge is 0.352 e. The van der Waals surface area contributed by atoms with E-state index in [1.54, 1.807) is 6.07 Å². The van der Waals surface area contributed by atoms with E-state index in [0.717, 1.165) is 28.1 Å². The molecule has 3 aromatic carbocycles. The Labute approximate surface area is 180 Å². The summed E-state index contributed by atoms with van der Waals surface area (Å²) in [5, 5.41) is 5.86. The van der Waals surface area contributed by atoms with Crippen molar-refractivity contribution in [2.24, 2.45) is 0 Å². The van der Waals surface area contributed by atoms with Crippen molar-refractivity contribution in [2.75, 3.05) is 11.9 Å². The van der Waals surface area contributed by atoms with Crippen LogP contribution in [0.5, 0.6) is 0 Å². The van der Waals surface area contributed by atoms with Gasteiger partial charge in [0.15, 0.2) is 0 Å². The summed E-state index contributed by atoms with van der Waals surface area (Å²) in [4.78, 5) is 29.8. The number of hydrogen-bond acceptors (Lipinski definition) is 3. The van der Waals surface area contributed by atoms with Crippen LogP contribution in [-0.2, 0) is 17.8 Å². The summed E-state index contributed by atoms with van der Waals surface area (Å²) in [7, 11) is 0. The van der Waals surface area contributed by atoms with Crippen molar-refractivity contribution < 1.29 is 9.59 Å². The van der Waals surface area contributed by atoms with Crippen LogP contribution in [0.25, 0.3) is 11.0 Å². The van der Waals surface area contributed by atoms with Crippen LogP contribution in [-0.4, -0.2) is 27.9 Å². The first-order chi connectivity index (χ1) is 15.1. The molecule has 0 aliphatic heterocycles. The molecule has 2 amide bonds. The first kappa shape index (κ1) is 20.3. The van der Waals surface area contributed by atoms with Crippen LogP contribution in [0.3, 0.4) is 0 Å². The molecule has 0 unspecified atom stereocenters. The van der Waals surface area contributed by atoms with Gasteiger partial charge in [-0.15, -0.1) is 0 Å². The predicted molar refractivity (Wildman–Crippen MR) is 122 cm³/mol. The molecule has 6 nitrogen and oxygen atoms in total. The van der Waals surface area contributed by atoms with Gasteiger partial charge in [-0.05, 0) is 43.3 Å². The predicted octanol–water partition coefficient (Wildman–Crippen LogP) is 3.96. The number of imidazole rings is 1. The Hall–Kier alpha value is -3.93. The molecule has 156 valence electrons. The highest BCUT2D eigenvalue weighted by Gasteiger charge is 2.14. The molecule has 4 rings (SSSR count). The topological polar surface area (TPSA) is 76.0 Å². The first-order valence-electron chi connectivity index (χ1n) is 10.2. The molecule has 6 heteroatoms. The van der Waals surface area contributed by atoms with Crippen LogP contribution in [0.1, 0.15) is 21.7 Å². The zero-order valence-corrected chi connectivity index (χ0v) is 17.3. The molecule has 0 radical (unpaired) electrons. The Morgan fingerprint density at radius 1 is 0.935 bits per heavy atom. The summed E-state index contributed by atoms with van der Waals surface area (Å²) >= 11 is 0. The summed E-state index contributed by atoms with van der Waals surface area (Å²) in [6, 6.07) is 24.6. The third kappa shape index (κ3) is 4.98. The maximum atomic E-state index is 12.6. The number of amides is 2. The number of carbonyl (C=O) groups is 2. The van der Waals surface area contributed by atoms with Gasteiger partial charge in [0.05, 0.1) is 11.0 Å². The van der Waals surface area contributed by atoms with Crippen LogP contribution in [0.2, 0.25) is 0 Å². The van der Waals surface area contributed by atoms with Crippen LogP contribution < -0.4 is 10.6 Å². The zero-order valence-electron chi connectivity index (χ0n) is 17.3. The second-order valence-corrected chi connectivity index (χ2v) is 7.39. The van der Waals surface area contributed by atoms with Crippen molar-refractivity contribution in [3.8, 4) is 0 Å².